The van der Waals surface area contributed by atoms with Gasteiger partial charge in [0, 0.05) is 6.04 Å². The van der Waals surface area contributed by atoms with Crippen LogP contribution in [-0.2, 0) is 0 Å². The first kappa shape index (κ1) is 11.7. The molecule has 1 unspecified atom stereocenters. The number of hydrogen-bond donors (Lipinski definition) is 1. The molecule has 0 bridgehead atoms. The Morgan fingerprint density at radius 1 is 1.06 bits per heavy atom. The van der Waals surface area contributed by atoms with Gasteiger partial charge in [-0.05, 0) is 30.7 Å². The van der Waals surface area contributed by atoms with E-state index < -0.39 is 0 Å². The summed E-state index contributed by atoms with van der Waals surface area (Å²) in [4.78, 5) is 0. The van der Waals surface area contributed by atoms with E-state index in [4.69, 9.17) is 5.73 Å². The molecular weight excluding hydrogens is 194 g/mol. The number of rotatable bonds is 2. The first-order chi connectivity index (χ1) is 7.62. The van der Waals surface area contributed by atoms with Crippen LogP contribution >= 0.6 is 0 Å². The van der Waals surface area contributed by atoms with Crippen LogP contribution < -0.4 is 5.73 Å². The molecule has 0 radical (unpaired) electrons. The van der Waals surface area contributed by atoms with Crippen molar-refractivity contribution in [1.29, 1.82) is 0 Å². The van der Waals surface area contributed by atoms with Crippen LogP contribution in [0.4, 0.5) is 0 Å². The van der Waals surface area contributed by atoms with E-state index in [0.717, 1.165) is 0 Å². The predicted molar refractivity (Wildman–Crippen MR) is 69.3 cm³/mol. The molecule has 0 aromatic heterocycles. The monoisotopic (exact) mass is 217 g/mol. The van der Waals surface area contributed by atoms with E-state index in [0.29, 0.717) is 5.41 Å². The summed E-state index contributed by atoms with van der Waals surface area (Å²) in [7, 11) is 0. The summed E-state index contributed by atoms with van der Waals surface area (Å²) in [5, 5.41) is 0. The molecule has 0 amide bonds. The van der Waals surface area contributed by atoms with Crippen LogP contribution in [0.2, 0.25) is 0 Å². The highest BCUT2D eigenvalue weighted by molar-refractivity contribution is 5.25. The largest absolute Gasteiger partial charge is 0.323 e. The van der Waals surface area contributed by atoms with Crippen LogP contribution in [0.15, 0.2) is 24.3 Å². The second-order valence-electron chi connectivity index (χ2n) is 5.60. The van der Waals surface area contributed by atoms with Gasteiger partial charge in [0.25, 0.3) is 0 Å². The molecule has 1 aliphatic carbocycles. The van der Waals surface area contributed by atoms with Crippen molar-refractivity contribution in [2.75, 3.05) is 0 Å². The lowest BCUT2D eigenvalue weighted by Gasteiger charge is -2.39. The Hall–Kier alpha value is -0.820. The molecule has 1 nitrogen and oxygen atoms in total. The van der Waals surface area contributed by atoms with Crippen LogP contribution in [0.3, 0.4) is 0 Å². The van der Waals surface area contributed by atoms with E-state index >= 15 is 0 Å². The second-order valence-corrected chi connectivity index (χ2v) is 5.60. The van der Waals surface area contributed by atoms with Crippen molar-refractivity contribution in [3.05, 3.63) is 35.4 Å². The molecule has 1 aromatic rings. The molecular formula is C15H23N. The van der Waals surface area contributed by atoms with Crippen LogP contribution in [-0.4, -0.2) is 0 Å². The summed E-state index contributed by atoms with van der Waals surface area (Å²) in [5.74, 6) is 0. The Kier molecular flexibility index (Phi) is 3.34. The first-order valence-electron chi connectivity index (χ1n) is 6.44. The normalized spacial score (nSPS) is 21.7. The zero-order valence-electron chi connectivity index (χ0n) is 10.5. The van der Waals surface area contributed by atoms with E-state index in [1.165, 1.54) is 43.2 Å². The van der Waals surface area contributed by atoms with Gasteiger partial charge >= 0.3 is 0 Å². The first-order valence-corrected chi connectivity index (χ1v) is 6.44. The molecule has 88 valence electrons. The van der Waals surface area contributed by atoms with Gasteiger partial charge in [0.2, 0.25) is 0 Å². The summed E-state index contributed by atoms with van der Waals surface area (Å²) in [5.41, 5.74) is 9.38. The molecule has 0 spiro atoms. The summed E-state index contributed by atoms with van der Waals surface area (Å²) in [6.45, 7) is 4.48. The average Bonchev–Trinajstić information content (AvgIpc) is 2.30. The third kappa shape index (κ3) is 2.30. The van der Waals surface area contributed by atoms with Crippen molar-refractivity contribution in [1.82, 2.24) is 0 Å². The zero-order valence-corrected chi connectivity index (χ0v) is 10.5. The molecule has 2 N–H and O–H groups in total. The van der Waals surface area contributed by atoms with Gasteiger partial charge < -0.3 is 5.73 Å². The van der Waals surface area contributed by atoms with E-state index in [2.05, 4.69) is 38.1 Å². The number of nitrogens with two attached hydrogens (primary N) is 1. The maximum absolute atomic E-state index is 6.45. The summed E-state index contributed by atoms with van der Waals surface area (Å²) >= 11 is 0. The van der Waals surface area contributed by atoms with E-state index in [9.17, 15) is 0 Å². The van der Waals surface area contributed by atoms with Gasteiger partial charge in [-0.1, -0.05) is 56.0 Å². The number of benzene rings is 1. The van der Waals surface area contributed by atoms with Crippen molar-refractivity contribution < 1.29 is 0 Å². The van der Waals surface area contributed by atoms with E-state index in [1.807, 2.05) is 0 Å². The molecule has 0 heterocycles. The van der Waals surface area contributed by atoms with Gasteiger partial charge in [-0.25, -0.2) is 0 Å². The van der Waals surface area contributed by atoms with Crippen LogP contribution in [0.1, 0.15) is 56.2 Å². The fourth-order valence-electron chi connectivity index (χ4n) is 2.85. The molecule has 1 aliphatic rings. The van der Waals surface area contributed by atoms with Gasteiger partial charge in [-0.3, -0.25) is 0 Å². The Morgan fingerprint density at radius 2 is 1.62 bits per heavy atom. The maximum atomic E-state index is 6.45. The molecule has 1 heteroatoms. The van der Waals surface area contributed by atoms with Crippen molar-refractivity contribution in [3.63, 3.8) is 0 Å². The third-order valence-electron chi connectivity index (χ3n) is 4.18. The lowest BCUT2D eigenvalue weighted by atomic mass is 9.69. The predicted octanol–water partition coefficient (Wildman–Crippen LogP) is 3.97. The van der Waals surface area contributed by atoms with E-state index in [1.54, 1.807) is 0 Å². The van der Waals surface area contributed by atoms with Crippen molar-refractivity contribution in [2.24, 2.45) is 11.1 Å². The summed E-state index contributed by atoms with van der Waals surface area (Å²) in [6.07, 6.45) is 6.63. The fraction of sp³-hybridized carbons (Fsp3) is 0.600. The van der Waals surface area contributed by atoms with Crippen LogP contribution in [0, 0.1) is 12.3 Å². The number of aryl methyl sites for hydroxylation is 1. The highest BCUT2D eigenvalue weighted by Crippen LogP contribution is 2.44. The van der Waals surface area contributed by atoms with Crippen LogP contribution in [0.25, 0.3) is 0 Å². The molecule has 2 rings (SSSR count). The van der Waals surface area contributed by atoms with Gasteiger partial charge in [0.1, 0.15) is 0 Å². The zero-order chi connectivity index (χ0) is 11.6. The lowest BCUT2D eigenvalue weighted by molar-refractivity contribution is 0.170. The molecule has 16 heavy (non-hydrogen) atoms. The van der Waals surface area contributed by atoms with E-state index in [-0.39, 0.29) is 6.04 Å². The minimum Gasteiger partial charge on any atom is -0.323 e. The highest BCUT2D eigenvalue weighted by atomic mass is 14.7. The molecule has 0 saturated heterocycles. The third-order valence-corrected chi connectivity index (χ3v) is 4.18. The maximum Gasteiger partial charge on any atom is 0.0349 e. The standard InChI is InChI=1S/C15H23N/c1-12-6-8-13(9-7-12)14(16)15(2)10-4-3-5-11-15/h6-9,14H,3-5,10-11,16H2,1-2H3. The molecule has 1 fully saturated rings. The van der Waals surface area contributed by atoms with Crippen molar-refractivity contribution in [3.8, 4) is 0 Å². The SMILES string of the molecule is Cc1ccc(C(N)C2(C)CCCCC2)cc1. The van der Waals surface area contributed by atoms with Crippen LogP contribution in [0.5, 0.6) is 0 Å². The summed E-state index contributed by atoms with van der Waals surface area (Å²) in [6, 6.07) is 8.93. The Morgan fingerprint density at radius 3 is 2.19 bits per heavy atom. The highest BCUT2D eigenvalue weighted by Gasteiger charge is 2.33. The number of hydrogen-bond acceptors (Lipinski definition) is 1. The van der Waals surface area contributed by atoms with Gasteiger partial charge in [-0.2, -0.15) is 0 Å². The van der Waals surface area contributed by atoms with Crippen molar-refractivity contribution >= 4 is 0 Å². The quantitative estimate of drug-likeness (QED) is 0.797. The Bertz CT molecular complexity index is 333. The van der Waals surface area contributed by atoms with Gasteiger partial charge in [-0.15, -0.1) is 0 Å². The second kappa shape index (κ2) is 4.58. The molecule has 1 saturated carbocycles. The minimum atomic E-state index is 0.202. The topological polar surface area (TPSA) is 26.0 Å². The Balaban J connectivity index is 2.16. The Labute approximate surface area is 99.0 Å². The molecule has 0 aliphatic heterocycles. The summed E-state index contributed by atoms with van der Waals surface area (Å²) < 4.78 is 0. The smallest absolute Gasteiger partial charge is 0.0349 e. The molecule has 1 aromatic carbocycles. The van der Waals surface area contributed by atoms with Gasteiger partial charge in [0.05, 0.1) is 0 Å². The van der Waals surface area contributed by atoms with Gasteiger partial charge in [0.15, 0.2) is 0 Å². The molecule has 1 atom stereocenters. The van der Waals surface area contributed by atoms with Crippen molar-refractivity contribution in [2.45, 2.75) is 52.0 Å². The fourth-order valence-corrected chi connectivity index (χ4v) is 2.85. The average molecular weight is 217 g/mol. The minimum absolute atomic E-state index is 0.202. The lowest BCUT2D eigenvalue weighted by Crippen LogP contribution is -2.33.